The highest BCUT2D eigenvalue weighted by Crippen LogP contribution is 2.27. The number of nitrogens with zero attached hydrogens (tertiary/aromatic N) is 1. The van der Waals surface area contributed by atoms with E-state index in [2.05, 4.69) is 41.5 Å². The van der Waals surface area contributed by atoms with Crippen molar-refractivity contribution in [3.63, 3.8) is 0 Å². The van der Waals surface area contributed by atoms with E-state index in [0.717, 1.165) is 12.8 Å². The molecule has 5 heteroatoms. The average molecular weight is 392 g/mol. The maximum Gasteiger partial charge on any atom is 0.273 e. The number of rotatable bonds is 9. The van der Waals surface area contributed by atoms with Gasteiger partial charge in [-0.05, 0) is 23.5 Å². The lowest BCUT2D eigenvalue weighted by Crippen LogP contribution is -2.26. The first-order chi connectivity index (χ1) is 14.1. The summed E-state index contributed by atoms with van der Waals surface area (Å²) >= 11 is 0. The van der Waals surface area contributed by atoms with Gasteiger partial charge in [0.2, 0.25) is 5.89 Å². The molecule has 5 nitrogen and oxygen atoms in total. The summed E-state index contributed by atoms with van der Waals surface area (Å²) in [4.78, 5) is 16.8. The van der Waals surface area contributed by atoms with Crippen molar-refractivity contribution in [2.45, 2.75) is 38.6 Å². The fraction of sp³-hybridized carbons (Fsp3) is 0.333. The van der Waals surface area contributed by atoms with Crippen molar-refractivity contribution in [1.29, 1.82) is 0 Å². The predicted molar refractivity (Wildman–Crippen MR) is 115 cm³/mol. The third-order valence-electron chi connectivity index (χ3n) is 5.42. The van der Waals surface area contributed by atoms with Crippen LogP contribution in [0, 0.1) is 5.92 Å². The largest absolute Gasteiger partial charge is 0.446 e. The molecule has 0 aliphatic rings. The second kappa shape index (κ2) is 10.0. The Morgan fingerprint density at radius 2 is 1.66 bits per heavy atom. The molecule has 3 rings (SSSR count). The van der Waals surface area contributed by atoms with Crippen molar-refractivity contribution >= 4 is 5.91 Å². The Bertz CT molecular complexity index is 853. The first-order valence-electron chi connectivity index (χ1n) is 10.2. The molecule has 2 aromatic carbocycles. The fourth-order valence-corrected chi connectivity index (χ4v) is 3.36. The summed E-state index contributed by atoms with van der Waals surface area (Å²) in [6.07, 6.45) is 3.10. The van der Waals surface area contributed by atoms with Crippen LogP contribution in [-0.4, -0.2) is 17.4 Å². The molecule has 29 heavy (non-hydrogen) atoms. The molecule has 3 N–H and O–H groups in total. The van der Waals surface area contributed by atoms with Gasteiger partial charge >= 0.3 is 0 Å². The molecule has 0 aliphatic heterocycles. The summed E-state index contributed by atoms with van der Waals surface area (Å²) in [6.45, 7) is 4.64. The Morgan fingerprint density at radius 1 is 1.07 bits per heavy atom. The van der Waals surface area contributed by atoms with E-state index in [-0.39, 0.29) is 29.5 Å². The summed E-state index contributed by atoms with van der Waals surface area (Å²) in [5.41, 5.74) is 8.88. The molecule has 1 amide bonds. The van der Waals surface area contributed by atoms with Crippen LogP contribution in [0.1, 0.15) is 66.2 Å². The summed E-state index contributed by atoms with van der Waals surface area (Å²) in [5, 5.41) is 2.96. The SMILES string of the molecule is CCC(C)C(N)c1nc(C(=O)NCCC(c2ccccc2)c2ccccc2)co1. The molecule has 152 valence electrons. The van der Waals surface area contributed by atoms with Gasteiger partial charge in [-0.15, -0.1) is 0 Å². The second-order valence-electron chi connectivity index (χ2n) is 7.40. The molecule has 0 spiro atoms. The van der Waals surface area contributed by atoms with E-state index >= 15 is 0 Å². The molecule has 1 heterocycles. The Labute approximate surface area is 172 Å². The molecule has 0 fully saturated rings. The van der Waals surface area contributed by atoms with E-state index in [1.54, 1.807) is 0 Å². The van der Waals surface area contributed by atoms with Crippen LogP contribution < -0.4 is 11.1 Å². The number of hydrogen-bond acceptors (Lipinski definition) is 4. The van der Waals surface area contributed by atoms with Gasteiger partial charge < -0.3 is 15.5 Å². The number of oxazole rings is 1. The van der Waals surface area contributed by atoms with Gasteiger partial charge in [0.05, 0.1) is 6.04 Å². The van der Waals surface area contributed by atoms with Crippen LogP contribution >= 0.6 is 0 Å². The molecule has 2 unspecified atom stereocenters. The first kappa shape index (κ1) is 20.8. The van der Waals surface area contributed by atoms with E-state index < -0.39 is 0 Å². The standard InChI is InChI=1S/C24H29N3O2/c1-3-17(2)22(25)24-27-21(16-29-24)23(28)26-15-14-20(18-10-6-4-7-11-18)19-12-8-5-9-13-19/h4-13,16-17,20,22H,3,14-15,25H2,1-2H3,(H,26,28). The quantitative estimate of drug-likeness (QED) is 0.555. The Balaban J connectivity index is 1.63. The highest BCUT2D eigenvalue weighted by atomic mass is 16.3. The van der Waals surface area contributed by atoms with Crippen LogP contribution in [-0.2, 0) is 0 Å². The lowest BCUT2D eigenvalue weighted by Gasteiger charge is -2.18. The monoisotopic (exact) mass is 391 g/mol. The molecule has 0 saturated heterocycles. The van der Waals surface area contributed by atoms with Crippen molar-refractivity contribution in [2.24, 2.45) is 11.7 Å². The summed E-state index contributed by atoms with van der Waals surface area (Å²) < 4.78 is 5.44. The van der Waals surface area contributed by atoms with E-state index in [9.17, 15) is 4.79 Å². The van der Waals surface area contributed by atoms with Crippen LogP contribution in [0.3, 0.4) is 0 Å². The zero-order chi connectivity index (χ0) is 20.6. The Morgan fingerprint density at radius 3 is 2.21 bits per heavy atom. The first-order valence-corrected chi connectivity index (χ1v) is 10.2. The zero-order valence-electron chi connectivity index (χ0n) is 17.0. The van der Waals surface area contributed by atoms with Gasteiger partial charge in [0, 0.05) is 12.5 Å². The minimum Gasteiger partial charge on any atom is -0.446 e. The normalized spacial score (nSPS) is 13.2. The van der Waals surface area contributed by atoms with Crippen molar-refractivity contribution in [2.75, 3.05) is 6.54 Å². The maximum atomic E-state index is 12.5. The molecule has 0 saturated carbocycles. The highest BCUT2D eigenvalue weighted by molar-refractivity contribution is 5.91. The van der Waals surface area contributed by atoms with E-state index in [4.69, 9.17) is 10.2 Å². The van der Waals surface area contributed by atoms with Crippen molar-refractivity contribution in [3.8, 4) is 0 Å². The summed E-state index contributed by atoms with van der Waals surface area (Å²) in [7, 11) is 0. The average Bonchev–Trinajstić information content (AvgIpc) is 3.27. The topological polar surface area (TPSA) is 81.1 Å². The van der Waals surface area contributed by atoms with Crippen LogP contribution in [0.15, 0.2) is 71.3 Å². The Kier molecular flexibility index (Phi) is 7.19. The van der Waals surface area contributed by atoms with Crippen LogP contribution in [0.2, 0.25) is 0 Å². The van der Waals surface area contributed by atoms with Crippen molar-refractivity contribution < 1.29 is 9.21 Å². The van der Waals surface area contributed by atoms with Gasteiger partial charge in [-0.25, -0.2) is 4.98 Å². The number of carbonyl (C=O) groups excluding carboxylic acids is 1. The molecular weight excluding hydrogens is 362 g/mol. The number of benzene rings is 2. The molecule has 0 bridgehead atoms. The molecule has 0 aliphatic carbocycles. The van der Waals surface area contributed by atoms with E-state index in [1.165, 1.54) is 17.4 Å². The molecule has 3 aromatic rings. The molecule has 1 aromatic heterocycles. The highest BCUT2D eigenvalue weighted by Gasteiger charge is 2.21. The van der Waals surface area contributed by atoms with Gasteiger partial charge in [0.1, 0.15) is 6.26 Å². The van der Waals surface area contributed by atoms with E-state index in [1.807, 2.05) is 43.3 Å². The van der Waals surface area contributed by atoms with E-state index in [0.29, 0.717) is 12.4 Å². The molecule has 0 radical (unpaired) electrons. The van der Waals surface area contributed by atoms with Crippen LogP contribution in [0.4, 0.5) is 0 Å². The van der Waals surface area contributed by atoms with Gasteiger partial charge in [0.25, 0.3) is 5.91 Å². The summed E-state index contributed by atoms with van der Waals surface area (Å²) in [5.74, 6) is 0.624. The summed E-state index contributed by atoms with van der Waals surface area (Å²) in [6, 6.07) is 20.4. The zero-order valence-corrected chi connectivity index (χ0v) is 17.0. The minimum absolute atomic E-state index is 0.212. The lowest BCUT2D eigenvalue weighted by atomic mass is 9.88. The van der Waals surface area contributed by atoms with Gasteiger partial charge in [-0.3, -0.25) is 4.79 Å². The second-order valence-corrected chi connectivity index (χ2v) is 7.40. The number of hydrogen-bond donors (Lipinski definition) is 2. The van der Waals surface area contributed by atoms with Gasteiger partial charge in [0.15, 0.2) is 5.69 Å². The number of nitrogens with one attached hydrogen (secondary N) is 1. The van der Waals surface area contributed by atoms with Gasteiger partial charge in [-0.2, -0.15) is 0 Å². The molecular formula is C24H29N3O2. The number of amides is 1. The van der Waals surface area contributed by atoms with Crippen molar-refractivity contribution in [1.82, 2.24) is 10.3 Å². The smallest absolute Gasteiger partial charge is 0.273 e. The number of nitrogens with two attached hydrogens (primary N) is 1. The minimum atomic E-state index is -0.304. The van der Waals surface area contributed by atoms with Crippen molar-refractivity contribution in [3.05, 3.63) is 89.6 Å². The number of carbonyl (C=O) groups is 1. The van der Waals surface area contributed by atoms with Crippen LogP contribution in [0.5, 0.6) is 0 Å². The van der Waals surface area contributed by atoms with Crippen LogP contribution in [0.25, 0.3) is 0 Å². The fourth-order valence-electron chi connectivity index (χ4n) is 3.36. The lowest BCUT2D eigenvalue weighted by molar-refractivity contribution is 0.0947. The van der Waals surface area contributed by atoms with Gasteiger partial charge in [-0.1, -0.05) is 80.9 Å². The number of aromatic nitrogens is 1. The maximum absolute atomic E-state index is 12.5. The third kappa shape index (κ3) is 5.33. The predicted octanol–water partition coefficient (Wildman–Crippen LogP) is 4.67. The Hall–Kier alpha value is -2.92. The molecule has 2 atom stereocenters. The third-order valence-corrected chi connectivity index (χ3v) is 5.42.